The molecular formula is C18H23F3N2O3. The molecule has 3 rings (SSSR count). The number of fused-ring (bicyclic) bond motifs is 1. The standard InChI is InChI=1S/C18H23F3N2O3/c1-22-6-8-23(9-7-22)16(24)5-3-2-4-13-10-14(18(19,20)21)17-15(11-13)25-12-26-17/h10-11H,2-9,12H2,1H3. The van der Waals surface area contributed by atoms with Crippen LogP contribution in [0.5, 0.6) is 11.5 Å². The Hall–Kier alpha value is -1.96. The van der Waals surface area contributed by atoms with Gasteiger partial charge in [-0.15, -0.1) is 0 Å². The van der Waals surface area contributed by atoms with Gasteiger partial charge in [0, 0.05) is 32.6 Å². The number of nitrogens with zero attached hydrogens (tertiary/aromatic N) is 2. The smallest absolute Gasteiger partial charge is 0.420 e. The molecule has 1 aromatic rings. The van der Waals surface area contributed by atoms with Gasteiger partial charge in [0.15, 0.2) is 11.5 Å². The minimum atomic E-state index is -4.48. The maximum Gasteiger partial charge on any atom is 0.420 e. The zero-order chi connectivity index (χ0) is 18.7. The molecule has 0 unspecified atom stereocenters. The topological polar surface area (TPSA) is 42.0 Å². The van der Waals surface area contributed by atoms with Crippen LogP contribution in [-0.2, 0) is 17.4 Å². The van der Waals surface area contributed by atoms with E-state index in [0.29, 0.717) is 31.2 Å². The van der Waals surface area contributed by atoms with Crippen LogP contribution >= 0.6 is 0 Å². The van der Waals surface area contributed by atoms with Gasteiger partial charge in [-0.3, -0.25) is 4.79 Å². The highest BCUT2D eigenvalue weighted by atomic mass is 19.4. The van der Waals surface area contributed by atoms with Crippen molar-refractivity contribution in [2.24, 2.45) is 0 Å². The Bertz CT molecular complexity index is 656. The van der Waals surface area contributed by atoms with Crippen molar-refractivity contribution in [3.63, 3.8) is 0 Å². The SMILES string of the molecule is CN1CCN(C(=O)CCCCc2cc3c(c(C(F)(F)F)c2)OCO3)CC1. The molecule has 1 aromatic carbocycles. The Morgan fingerprint density at radius 3 is 2.54 bits per heavy atom. The Morgan fingerprint density at radius 1 is 1.12 bits per heavy atom. The fourth-order valence-corrected chi connectivity index (χ4v) is 3.24. The molecule has 0 bridgehead atoms. The summed E-state index contributed by atoms with van der Waals surface area (Å²) < 4.78 is 49.6. The van der Waals surface area contributed by atoms with Crippen molar-refractivity contribution in [1.82, 2.24) is 9.80 Å². The summed E-state index contributed by atoms with van der Waals surface area (Å²) in [6.07, 6.45) is -2.28. The van der Waals surface area contributed by atoms with Gasteiger partial charge in [-0.05, 0) is 44.0 Å². The van der Waals surface area contributed by atoms with Crippen molar-refractivity contribution >= 4 is 5.91 Å². The van der Waals surface area contributed by atoms with E-state index in [4.69, 9.17) is 9.47 Å². The number of unbranched alkanes of at least 4 members (excludes halogenated alkanes) is 1. The number of piperazine rings is 1. The second-order valence-electron chi connectivity index (χ2n) is 6.77. The first-order chi connectivity index (χ1) is 12.3. The molecule has 0 atom stereocenters. The highest BCUT2D eigenvalue weighted by Crippen LogP contribution is 2.45. The van der Waals surface area contributed by atoms with Gasteiger partial charge in [0.1, 0.15) is 5.56 Å². The van der Waals surface area contributed by atoms with Gasteiger partial charge in [-0.2, -0.15) is 13.2 Å². The van der Waals surface area contributed by atoms with Crippen molar-refractivity contribution in [2.45, 2.75) is 31.9 Å². The first-order valence-electron chi connectivity index (χ1n) is 8.80. The molecule has 0 N–H and O–H groups in total. The summed E-state index contributed by atoms with van der Waals surface area (Å²) in [5.41, 5.74) is -0.246. The van der Waals surface area contributed by atoms with E-state index < -0.39 is 11.7 Å². The molecule has 8 heteroatoms. The Kier molecular flexibility index (Phi) is 5.60. The molecule has 2 heterocycles. The summed E-state index contributed by atoms with van der Waals surface area (Å²) in [4.78, 5) is 16.2. The fourth-order valence-electron chi connectivity index (χ4n) is 3.24. The summed E-state index contributed by atoms with van der Waals surface area (Å²) >= 11 is 0. The monoisotopic (exact) mass is 372 g/mol. The fraction of sp³-hybridized carbons (Fsp3) is 0.611. The molecule has 0 spiro atoms. The number of hydrogen-bond acceptors (Lipinski definition) is 4. The average Bonchev–Trinajstić information content (AvgIpc) is 3.06. The van der Waals surface area contributed by atoms with Gasteiger partial charge < -0.3 is 19.3 Å². The first kappa shape index (κ1) is 18.8. The normalized spacial score (nSPS) is 17.6. The van der Waals surface area contributed by atoms with E-state index >= 15 is 0 Å². The average molecular weight is 372 g/mol. The van der Waals surface area contributed by atoms with Crippen LogP contribution in [0.25, 0.3) is 0 Å². The van der Waals surface area contributed by atoms with Crippen LogP contribution in [0.4, 0.5) is 13.2 Å². The van der Waals surface area contributed by atoms with E-state index in [2.05, 4.69) is 4.90 Å². The van der Waals surface area contributed by atoms with E-state index in [9.17, 15) is 18.0 Å². The molecule has 26 heavy (non-hydrogen) atoms. The number of amides is 1. The van der Waals surface area contributed by atoms with Crippen LogP contribution < -0.4 is 9.47 Å². The predicted molar refractivity (Wildman–Crippen MR) is 89.2 cm³/mol. The van der Waals surface area contributed by atoms with Crippen molar-refractivity contribution in [3.8, 4) is 11.5 Å². The van der Waals surface area contributed by atoms with Crippen molar-refractivity contribution in [1.29, 1.82) is 0 Å². The lowest BCUT2D eigenvalue weighted by molar-refractivity contribution is -0.138. The van der Waals surface area contributed by atoms with Gasteiger partial charge in [0.25, 0.3) is 0 Å². The Balaban J connectivity index is 1.51. The summed E-state index contributed by atoms with van der Waals surface area (Å²) in [5, 5.41) is 0. The quantitative estimate of drug-likeness (QED) is 0.746. The molecule has 2 aliphatic rings. The molecular weight excluding hydrogens is 349 g/mol. The largest absolute Gasteiger partial charge is 0.454 e. The van der Waals surface area contributed by atoms with E-state index in [1.54, 1.807) is 6.07 Å². The number of hydrogen-bond donors (Lipinski definition) is 0. The number of ether oxygens (including phenoxy) is 2. The van der Waals surface area contributed by atoms with E-state index in [0.717, 1.165) is 32.2 Å². The molecule has 0 aliphatic carbocycles. The summed E-state index contributed by atoms with van der Waals surface area (Å²) in [6.45, 7) is 3.05. The molecule has 2 aliphatic heterocycles. The highest BCUT2D eigenvalue weighted by Gasteiger charge is 2.38. The van der Waals surface area contributed by atoms with Crippen LogP contribution in [-0.4, -0.2) is 55.7 Å². The van der Waals surface area contributed by atoms with Crippen molar-refractivity contribution in [2.75, 3.05) is 40.0 Å². The Morgan fingerprint density at radius 2 is 1.85 bits per heavy atom. The second kappa shape index (κ2) is 7.73. The minimum Gasteiger partial charge on any atom is -0.454 e. The van der Waals surface area contributed by atoms with Crippen LogP contribution in [0.2, 0.25) is 0 Å². The van der Waals surface area contributed by atoms with Gasteiger partial charge in [0.05, 0.1) is 0 Å². The molecule has 144 valence electrons. The van der Waals surface area contributed by atoms with Gasteiger partial charge >= 0.3 is 6.18 Å². The number of alkyl halides is 3. The highest BCUT2D eigenvalue weighted by molar-refractivity contribution is 5.76. The first-order valence-corrected chi connectivity index (χ1v) is 8.80. The lowest BCUT2D eigenvalue weighted by Crippen LogP contribution is -2.47. The van der Waals surface area contributed by atoms with Crippen LogP contribution in [0.1, 0.15) is 30.4 Å². The zero-order valence-corrected chi connectivity index (χ0v) is 14.8. The summed E-state index contributed by atoms with van der Waals surface area (Å²) in [5.74, 6) is 0.0367. The van der Waals surface area contributed by atoms with Gasteiger partial charge in [-0.25, -0.2) is 0 Å². The maximum absolute atomic E-state index is 13.2. The van der Waals surface area contributed by atoms with E-state index in [1.165, 1.54) is 0 Å². The van der Waals surface area contributed by atoms with Gasteiger partial charge in [0.2, 0.25) is 12.7 Å². The van der Waals surface area contributed by atoms with E-state index in [1.807, 2.05) is 11.9 Å². The third kappa shape index (κ3) is 4.41. The summed E-state index contributed by atoms with van der Waals surface area (Å²) in [6, 6.07) is 2.72. The van der Waals surface area contributed by atoms with Crippen molar-refractivity contribution in [3.05, 3.63) is 23.3 Å². The minimum absolute atomic E-state index is 0.125. The molecule has 5 nitrogen and oxygen atoms in total. The zero-order valence-electron chi connectivity index (χ0n) is 14.8. The third-order valence-electron chi connectivity index (χ3n) is 4.80. The summed E-state index contributed by atoms with van der Waals surface area (Å²) in [7, 11) is 2.03. The number of carbonyl (C=O) groups is 1. The lowest BCUT2D eigenvalue weighted by atomic mass is 10.0. The van der Waals surface area contributed by atoms with Gasteiger partial charge in [-0.1, -0.05) is 0 Å². The molecule has 0 saturated carbocycles. The number of aryl methyl sites for hydroxylation is 1. The third-order valence-corrected chi connectivity index (χ3v) is 4.80. The van der Waals surface area contributed by atoms with Crippen molar-refractivity contribution < 1.29 is 27.4 Å². The molecule has 1 saturated heterocycles. The predicted octanol–water partition coefficient (Wildman–Crippen LogP) is 2.92. The molecule has 1 fully saturated rings. The van der Waals surface area contributed by atoms with Crippen LogP contribution in [0.15, 0.2) is 12.1 Å². The molecule has 0 aromatic heterocycles. The number of rotatable bonds is 5. The number of benzene rings is 1. The lowest BCUT2D eigenvalue weighted by Gasteiger charge is -2.32. The van der Waals surface area contributed by atoms with Crippen LogP contribution in [0.3, 0.4) is 0 Å². The Labute approximate surface area is 150 Å². The molecule has 0 radical (unpaired) electrons. The second-order valence-corrected chi connectivity index (χ2v) is 6.77. The number of halogens is 3. The van der Waals surface area contributed by atoms with E-state index in [-0.39, 0.29) is 24.2 Å². The number of carbonyl (C=O) groups excluding carboxylic acids is 1. The molecule has 1 amide bonds. The van der Waals surface area contributed by atoms with Crippen LogP contribution in [0, 0.1) is 0 Å². The maximum atomic E-state index is 13.2. The number of likely N-dealkylation sites (N-methyl/N-ethyl adjacent to an activating group) is 1.